The van der Waals surface area contributed by atoms with Crippen LogP contribution in [0.2, 0.25) is 0 Å². The monoisotopic (exact) mass is 258 g/mol. The minimum atomic E-state index is -3.84. The normalized spacial score (nSPS) is 15.9. The van der Waals surface area contributed by atoms with Gasteiger partial charge in [0.2, 0.25) is 10.0 Å². The number of carbonyl (C=O) groups excluding carboxylic acids is 1. The van der Waals surface area contributed by atoms with Crippen molar-refractivity contribution in [1.82, 2.24) is 5.32 Å². The Morgan fingerprint density at radius 2 is 2.24 bits per heavy atom. The molecule has 1 aliphatic rings. The van der Waals surface area contributed by atoms with E-state index < -0.39 is 15.9 Å². The average molecular weight is 258 g/mol. The first-order valence-corrected chi connectivity index (χ1v) is 6.84. The standard InChI is InChI=1S/C10H14N2O4S/c1-6-9(17(11,14)15)4-8(16-6)10(13)12-5-7-2-3-7/h4,7H,2-3,5H2,1H3,(H,12,13)(H2,11,14,15). The zero-order chi connectivity index (χ0) is 12.6. The van der Waals surface area contributed by atoms with Crippen molar-refractivity contribution in [2.75, 3.05) is 6.54 Å². The Kier molecular flexibility index (Phi) is 2.96. The molecule has 1 amide bonds. The molecule has 1 fully saturated rings. The van der Waals surface area contributed by atoms with Crippen molar-refractivity contribution in [2.45, 2.75) is 24.7 Å². The van der Waals surface area contributed by atoms with Crippen LogP contribution in [0.4, 0.5) is 0 Å². The molecule has 0 aromatic carbocycles. The van der Waals surface area contributed by atoms with Gasteiger partial charge in [0.15, 0.2) is 5.76 Å². The third-order valence-corrected chi connectivity index (χ3v) is 3.67. The Morgan fingerprint density at radius 1 is 1.59 bits per heavy atom. The number of furan rings is 1. The molecule has 1 heterocycles. The fourth-order valence-corrected chi connectivity index (χ4v) is 2.22. The number of hydrogen-bond acceptors (Lipinski definition) is 4. The Labute approximate surface area is 99.2 Å². The molecule has 3 N–H and O–H groups in total. The number of aryl methyl sites for hydroxylation is 1. The summed E-state index contributed by atoms with van der Waals surface area (Å²) in [5.74, 6) is 0.249. The number of hydrogen-bond donors (Lipinski definition) is 2. The summed E-state index contributed by atoms with van der Waals surface area (Å²) in [6.45, 7) is 2.06. The van der Waals surface area contributed by atoms with Crippen molar-refractivity contribution < 1.29 is 17.6 Å². The number of carbonyl (C=O) groups is 1. The van der Waals surface area contributed by atoms with Crippen molar-refractivity contribution in [2.24, 2.45) is 11.1 Å². The Morgan fingerprint density at radius 3 is 2.71 bits per heavy atom. The number of nitrogens with one attached hydrogen (secondary N) is 1. The Bertz CT molecular complexity index is 543. The molecule has 1 aromatic heterocycles. The third kappa shape index (κ3) is 2.86. The zero-order valence-corrected chi connectivity index (χ0v) is 10.2. The van der Waals surface area contributed by atoms with Crippen molar-refractivity contribution >= 4 is 15.9 Å². The van der Waals surface area contributed by atoms with E-state index in [9.17, 15) is 13.2 Å². The maximum absolute atomic E-state index is 11.6. The predicted octanol–water partition coefficient (Wildman–Crippen LogP) is 0.375. The fraction of sp³-hybridized carbons (Fsp3) is 0.500. The molecule has 17 heavy (non-hydrogen) atoms. The van der Waals surface area contributed by atoms with Crippen LogP contribution in [-0.4, -0.2) is 20.9 Å². The quantitative estimate of drug-likeness (QED) is 0.814. The second-order valence-corrected chi connectivity index (χ2v) is 5.76. The minimum Gasteiger partial charge on any atom is -0.455 e. The van der Waals surface area contributed by atoms with Gasteiger partial charge < -0.3 is 9.73 Å². The molecule has 0 atom stereocenters. The summed E-state index contributed by atoms with van der Waals surface area (Å²) in [6, 6.07) is 1.16. The van der Waals surface area contributed by atoms with Crippen LogP contribution in [0.3, 0.4) is 0 Å². The summed E-state index contributed by atoms with van der Waals surface area (Å²) in [5, 5.41) is 7.67. The highest BCUT2D eigenvalue weighted by Crippen LogP contribution is 2.27. The van der Waals surface area contributed by atoms with Gasteiger partial charge in [0.25, 0.3) is 5.91 Å². The average Bonchev–Trinajstić information content (AvgIpc) is 2.95. The van der Waals surface area contributed by atoms with E-state index in [-0.39, 0.29) is 16.4 Å². The van der Waals surface area contributed by atoms with E-state index >= 15 is 0 Å². The van der Waals surface area contributed by atoms with E-state index in [4.69, 9.17) is 9.56 Å². The molecule has 1 aliphatic carbocycles. The lowest BCUT2D eigenvalue weighted by molar-refractivity contribution is 0.0923. The fourth-order valence-electron chi connectivity index (χ4n) is 1.51. The number of nitrogens with two attached hydrogens (primary N) is 1. The van der Waals surface area contributed by atoms with E-state index in [1.165, 1.54) is 6.92 Å². The summed E-state index contributed by atoms with van der Waals surface area (Å²) in [6.07, 6.45) is 2.25. The number of amides is 1. The molecule has 0 bridgehead atoms. The van der Waals surface area contributed by atoms with Crippen LogP contribution >= 0.6 is 0 Å². The molecule has 7 heteroatoms. The highest BCUT2D eigenvalue weighted by Gasteiger charge is 2.24. The summed E-state index contributed by atoms with van der Waals surface area (Å²) in [4.78, 5) is 11.5. The molecule has 6 nitrogen and oxygen atoms in total. The van der Waals surface area contributed by atoms with Gasteiger partial charge in [-0.1, -0.05) is 0 Å². The second-order valence-electron chi connectivity index (χ2n) is 4.23. The van der Waals surface area contributed by atoms with E-state index in [1.807, 2.05) is 0 Å². The lowest BCUT2D eigenvalue weighted by Gasteiger charge is -1.99. The Balaban J connectivity index is 2.13. The first-order chi connectivity index (χ1) is 7.88. The van der Waals surface area contributed by atoms with Crippen molar-refractivity contribution in [3.8, 4) is 0 Å². The maximum atomic E-state index is 11.6. The van der Waals surface area contributed by atoms with Crippen LogP contribution in [0.25, 0.3) is 0 Å². The molecule has 1 aromatic rings. The summed E-state index contributed by atoms with van der Waals surface area (Å²) < 4.78 is 27.4. The Hall–Kier alpha value is -1.34. The van der Waals surface area contributed by atoms with Crippen LogP contribution < -0.4 is 10.5 Å². The second kappa shape index (κ2) is 4.15. The van der Waals surface area contributed by atoms with Crippen LogP contribution in [0.5, 0.6) is 0 Å². The van der Waals surface area contributed by atoms with Gasteiger partial charge >= 0.3 is 0 Å². The lowest BCUT2D eigenvalue weighted by Crippen LogP contribution is -2.25. The number of rotatable bonds is 4. The molecule has 0 saturated heterocycles. The van der Waals surface area contributed by atoms with Gasteiger partial charge in [-0.3, -0.25) is 4.79 Å². The third-order valence-electron chi connectivity index (χ3n) is 2.65. The molecular weight excluding hydrogens is 244 g/mol. The molecule has 0 radical (unpaired) electrons. The van der Waals surface area contributed by atoms with Gasteiger partial charge in [-0.2, -0.15) is 0 Å². The lowest BCUT2D eigenvalue weighted by atomic mass is 10.3. The van der Waals surface area contributed by atoms with Gasteiger partial charge in [0.05, 0.1) is 0 Å². The molecule has 2 rings (SSSR count). The minimum absolute atomic E-state index is 0.0211. The van der Waals surface area contributed by atoms with Crippen LogP contribution in [-0.2, 0) is 10.0 Å². The molecule has 0 aliphatic heterocycles. The van der Waals surface area contributed by atoms with Crippen LogP contribution in [0.1, 0.15) is 29.2 Å². The van der Waals surface area contributed by atoms with Crippen LogP contribution in [0, 0.1) is 12.8 Å². The SMILES string of the molecule is Cc1oc(C(=O)NCC2CC2)cc1S(N)(=O)=O. The van der Waals surface area contributed by atoms with Crippen LogP contribution in [0.15, 0.2) is 15.4 Å². The smallest absolute Gasteiger partial charge is 0.287 e. The molecule has 94 valence electrons. The van der Waals surface area contributed by atoms with Gasteiger partial charge in [0, 0.05) is 12.6 Å². The van der Waals surface area contributed by atoms with Crippen molar-refractivity contribution in [1.29, 1.82) is 0 Å². The molecule has 0 unspecified atom stereocenters. The summed E-state index contributed by atoms with van der Waals surface area (Å²) in [7, 11) is -3.84. The maximum Gasteiger partial charge on any atom is 0.287 e. The summed E-state index contributed by atoms with van der Waals surface area (Å²) >= 11 is 0. The van der Waals surface area contributed by atoms with Gasteiger partial charge in [-0.15, -0.1) is 0 Å². The van der Waals surface area contributed by atoms with Gasteiger partial charge in [-0.05, 0) is 25.7 Å². The first-order valence-electron chi connectivity index (χ1n) is 5.29. The number of primary sulfonamides is 1. The van der Waals surface area contributed by atoms with E-state index in [0.29, 0.717) is 12.5 Å². The van der Waals surface area contributed by atoms with E-state index in [2.05, 4.69) is 5.32 Å². The predicted molar refractivity (Wildman–Crippen MR) is 59.9 cm³/mol. The van der Waals surface area contributed by atoms with E-state index in [1.54, 1.807) is 0 Å². The highest BCUT2D eigenvalue weighted by molar-refractivity contribution is 7.89. The topological polar surface area (TPSA) is 102 Å². The highest BCUT2D eigenvalue weighted by atomic mass is 32.2. The zero-order valence-electron chi connectivity index (χ0n) is 9.39. The van der Waals surface area contributed by atoms with Crippen molar-refractivity contribution in [3.63, 3.8) is 0 Å². The largest absolute Gasteiger partial charge is 0.455 e. The number of sulfonamides is 1. The molecule has 1 saturated carbocycles. The molecule has 0 spiro atoms. The summed E-state index contributed by atoms with van der Waals surface area (Å²) in [5.41, 5.74) is 0. The van der Waals surface area contributed by atoms with Crippen molar-refractivity contribution in [3.05, 3.63) is 17.6 Å². The van der Waals surface area contributed by atoms with Gasteiger partial charge in [-0.25, -0.2) is 13.6 Å². The van der Waals surface area contributed by atoms with E-state index in [0.717, 1.165) is 18.9 Å². The van der Waals surface area contributed by atoms with Gasteiger partial charge in [0.1, 0.15) is 10.7 Å². The first kappa shape index (κ1) is 12.1. The molecular formula is C10H14N2O4S.